The summed E-state index contributed by atoms with van der Waals surface area (Å²) < 4.78 is 0. The molecule has 1 heterocycles. The lowest BCUT2D eigenvalue weighted by atomic mass is 10.2. The number of aryl methyl sites for hydroxylation is 1. The van der Waals surface area contributed by atoms with Crippen LogP contribution in [-0.2, 0) is 4.79 Å². The normalized spacial score (nSPS) is 17.0. The minimum atomic E-state index is -0.568. The van der Waals surface area contributed by atoms with E-state index in [9.17, 15) is 14.9 Å². The predicted octanol–water partition coefficient (Wildman–Crippen LogP) is 5.10. The second-order valence-electron chi connectivity index (χ2n) is 5.38. The van der Waals surface area contributed by atoms with E-state index in [4.69, 9.17) is 23.2 Å². The van der Waals surface area contributed by atoms with Gasteiger partial charge in [0.25, 0.3) is 11.6 Å². The van der Waals surface area contributed by atoms with E-state index < -0.39 is 4.92 Å². The van der Waals surface area contributed by atoms with E-state index in [1.807, 2.05) is 13.0 Å². The van der Waals surface area contributed by atoms with Crippen LogP contribution in [-0.4, -0.2) is 16.0 Å². The van der Waals surface area contributed by atoms with Crippen LogP contribution in [0.2, 0.25) is 10.0 Å². The number of benzene rings is 2. The van der Waals surface area contributed by atoms with Crippen LogP contribution in [0, 0.1) is 17.0 Å². The summed E-state index contributed by atoms with van der Waals surface area (Å²) >= 11 is 12.9. The number of hydrogen-bond donors (Lipinski definition) is 1. The van der Waals surface area contributed by atoms with Crippen LogP contribution in [0.5, 0.6) is 0 Å². The van der Waals surface area contributed by atoms with Gasteiger partial charge < -0.3 is 5.32 Å². The van der Waals surface area contributed by atoms with Crippen LogP contribution < -0.4 is 5.32 Å². The molecule has 0 bridgehead atoms. The highest BCUT2D eigenvalue weighted by atomic mass is 35.5. The monoisotopic (exact) mass is 407 g/mol. The van der Waals surface area contributed by atoms with Gasteiger partial charge in [-0.25, -0.2) is 4.99 Å². The van der Waals surface area contributed by atoms with Crippen molar-refractivity contribution in [1.29, 1.82) is 0 Å². The molecule has 6 nitrogen and oxygen atoms in total. The van der Waals surface area contributed by atoms with Crippen molar-refractivity contribution in [3.05, 3.63) is 72.6 Å². The maximum atomic E-state index is 12.1. The average molecular weight is 408 g/mol. The Morgan fingerprint density at radius 2 is 2.00 bits per heavy atom. The van der Waals surface area contributed by atoms with Crippen molar-refractivity contribution >= 4 is 63.5 Å². The fourth-order valence-electron chi connectivity index (χ4n) is 2.20. The standard InChI is InChI=1S/C17H11Cl2N3O3S/c1-9-2-4-11(18)8-13(9)20-17-21-16(23)15(26-17)7-10-3-5-12(19)14(6-10)22(24)25/h2-8H,1H3,(H,20,21,23)/b15-7-. The van der Waals surface area contributed by atoms with E-state index in [0.717, 1.165) is 17.3 Å². The molecule has 2 aromatic carbocycles. The van der Waals surface area contributed by atoms with Crippen LogP contribution in [0.1, 0.15) is 11.1 Å². The Morgan fingerprint density at radius 1 is 1.23 bits per heavy atom. The number of nitrogens with one attached hydrogen (secondary N) is 1. The third kappa shape index (κ3) is 4.07. The molecule has 1 fully saturated rings. The number of hydrogen-bond acceptors (Lipinski definition) is 5. The first-order chi connectivity index (χ1) is 12.3. The fourth-order valence-corrected chi connectivity index (χ4v) is 3.39. The molecule has 1 N–H and O–H groups in total. The minimum absolute atomic E-state index is 0.0411. The maximum Gasteiger partial charge on any atom is 0.288 e. The first-order valence-electron chi connectivity index (χ1n) is 7.33. The first kappa shape index (κ1) is 18.4. The van der Waals surface area contributed by atoms with Crippen molar-refractivity contribution in [1.82, 2.24) is 5.32 Å². The summed E-state index contributed by atoms with van der Waals surface area (Å²) in [7, 11) is 0. The van der Waals surface area contributed by atoms with Crippen molar-refractivity contribution in [3.63, 3.8) is 0 Å². The molecule has 132 valence electrons. The van der Waals surface area contributed by atoms with Gasteiger partial charge in [0.2, 0.25) is 0 Å². The molecule has 3 rings (SSSR count). The lowest BCUT2D eigenvalue weighted by molar-refractivity contribution is -0.384. The van der Waals surface area contributed by atoms with E-state index in [1.54, 1.807) is 24.3 Å². The molecule has 0 radical (unpaired) electrons. The topological polar surface area (TPSA) is 84.6 Å². The zero-order valence-corrected chi connectivity index (χ0v) is 15.7. The Bertz CT molecular complexity index is 989. The number of nitrogens with zero attached hydrogens (tertiary/aromatic N) is 2. The van der Waals surface area contributed by atoms with E-state index in [0.29, 0.717) is 26.3 Å². The molecule has 2 aromatic rings. The molecule has 0 aliphatic carbocycles. The van der Waals surface area contributed by atoms with Crippen molar-refractivity contribution in [2.45, 2.75) is 6.92 Å². The van der Waals surface area contributed by atoms with Crippen molar-refractivity contribution < 1.29 is 9.72 Å². The number of amides is 1. The van der Waals surface area contributed by atoms with Gasteiger partial charge in [-0.1, -0.05) is 35.3 Å². The van der Waals surface area contributed by atoms with E-state index in [-0.39, 0.29) is 16.6 Å². The van der Waals surface area contributed by atoms with E-state index in [1.165, 1.54) is 12.1 Å². The molecular weight excluding hydrogens is 397 g/mol. The Morgan fingerprint density at radius 3 is 2.73 bits per heavy atom. The summed E-state index contributed by atoms with van der Waals surface area (Å²) in [5.41, 5.74) is 1.86. The summed E-state index contributed by atoms with van der Waals surface area (Å²) in [4.78, 5) is 27.3. The van der Waals surface area contributed by atoms with Gasteiger partial charge in [0, 0.05) is 11.1 Å². The third-order valence-corrected chi connectivity index (χ3v) is 4.97. The van der Waals surface area contributed by atoms with Gasteiger partial charge in [-0.15, -0.1) is 0 Å². The molecular formula is C17H11Cl2N3O3S. The van der Waals surface area contributed by atoms with Gasteiger partial charge in [-0.05, 0) is 54.1 Å². The molecule has 26 heavy (non-hydrogen) atoms. The SMILES string of the molecule is Cc1ccc(Cl)cc1N=C1NC(=O)/C(=C/c2ccc(Cl)c([N+](=O)[O-])c2)S1. The fraction of sp³-hybridized carbons (Fsp3) is 0.0588. The van der Waals surface area contributed by atoms with Crippen LogP contribution >= 0.6 is 35.0 Å². The number of halogens is 2. The Labute approximate surface area is 163 Å². The highest BCUT2D eigenvalue weighted by molar-refractivity contribution is 8.18. The summed E-state index contributed by atoms with van der Waals surface area (Å²) in [5.74, 6) is -0.328. The number of nitro benzene ring substituents is 1. The first-order valence-corrected chi connectivity index (χ1v) is 8.90. The Kier molecular flexibility index (Phi) is 5.31. The van der Waals surface area contributed by atoms with E-state index in [2.05, 4.69) is 10.3 Å². The zero-order valence-electron chi connectivity index (χ0n) is 13.3. The number of nitro groups is 1. The van der Waals surface area contributed by atoms with Crippen molar-refractivity contribution in [2.24, 2.45) is 4.99 Å². The Balaban J connectivity index is 1.89. The lowest BCUT2D eigenvalue weighted by Crippen LogP contribution is -2.19. The largest absolute Gasteiger partial charge is 0.300 e. The highest BCUT2D eigenvalue weighted by Crippen LogP contribution is 2.32. The quantitative estimate of drug-likeness (QED) is 0.435. The van der Waals surface area contributed by atoms with Crippen molar-refractivity contribution in [2.75, 3.05) is 0 Å². The average Bonchev–Trinajstić information content (AvgIpc) is 2.92. The van der Waals surface area contributed by atoms with Gasteiger partial charge in [0.1, 0.15) is 5.02 Å². The minimum Gasteiger partial charge on any atom is -0.300 e. The Hall–Kier alpha value is -2.35. The van der Waals surface area contributed by atoms with E-state index >= 15 is 0 Å². The smallest absolute Gasteiger partial charge is 0.288 e. The number of aliphatic imine (C=N–C) groups is 1. The van der Waals surface area contributed by atoms with Gasteiger partial charge in [0.15, 0.2) is 5.17 Å². The summed E-state index contributed by atoms with van der Waals surface area (Å²) in [5, 5.41) is 14.6. The van der Waals surface area contributed by atoms with Gasteiger partial charge in [0.05, 0.1) is 15.5 Å². The van der Waals surface area contributed by atoms with Gasteiger partial charge in [-0.2, -0.15) is 0 Å². The molecule has 1 amide bonds. The lowest BCUT2D eigenvalue weighted by Gasteiger charge is -2.01. The molecule has 1 aliphatic heterocycles. The van der Waals surface area contributed by atoms with Crippen LogP contribution in [0.4, 0.5) is 11.4 Å². The highest BCUT2D eigenvalue weighted by Gasteiger charge is 2.24. The molecule has 1 aliphatic rings. The summed E-state index contributed by atoms with van der Waals surface area (Å²) in [6.45, 7) is 1.89. The van der Waals surface area contributed by atoms with Gasteiger partial charge >= 0.3 is 0 Å². The molecule has 1 saturated heterocycles. The molecule has 9 heteroatoms. The molecule has 0 atom stereocenters. The number of amidine groups is 1. The number of thioether (sulfide) groups is 1. The second-order valence-corrected chi connectivity index (χ2v) is 7.25. The third-order valence-electron chi connectivity index (χ3n) is 3.51. The summed E-state index contributed by atoms with van der Waals surface area (Å²) in [6.07, 6.45) is 1.55. The molecule has 0 spiro atoms. The summed E-state index contributed by atoms with van der Waals surface area (Å²) in [6, 6.07) is 9.66. The number of carbonyl (C=O) groups is 1. The van der Waals surface area contributed by atoms with Gasteiger partial charge in [-0.3, -0.25) is 14.9 Å². The molecule has 0 saturated carbocycles. The zero-order chi connectivity index (χ0) is 18.8. The molecule has 0 aromatic heterocycles. The number of carbonyl (C=O) groups excluding carboxylic acids is 1. The molecule has 0 unspecified atom stereocenters. The van der Waals surface area contributed by atoms with Crippen LogP contribution in [0.25, 0.3) is 6.08 Å². The maximum absolute atomic E-state index is 12.1. The van der Waals surface area contributed by atoms with Crippen LogP contribution in [0.3, 0.4) is 0 Å². The van der Waals surface area contributed by atoms with Crippen LogP contribution in [0.15, 0.2) is 46.3 Å². The predicted molar refractivity (Wildman–Crippen MR) is 105 cm³/mol. The van der Waals surface area contributed by atoms with Crippen molar-refractivity contribution in [3.8, 4) is 0 Å². The second kappa shape index (κ2) is 7.49. The number of rotatable bonds is 3.